The lowest BCUT2D eigenvalue weighted by molar-refractivity contribution is -0.124. The summed E-state index contributed by atoms with van der Waals surface area (Å²) in [6, 6.07) is 20.7. The third kappa shape index (κ3) is 9.86. The fraction of sp³-hybridized carbons (Fsp3) is 0.500. The lowest BCUT2D eigenvalue weighted by Gasteiger charge is -2.32. The number of amides is 2. The second-order valence-electron chi connectivity index (χ2n) is 12.5. The number of benzene rings is 2. The highest BCUT2D eigenvalue weighted by Crippen LogP contribution is 2.25. The van der Waals surface area contributed by atoms with E-state index in [1.807, 2.05) is 60.7 Å². The van der Waals surface area contributed by atoms with Crippen LogP contribution in [0.5, 0.6) is 0 Å². The van der Waals surface area contributed by atoms with E-state index in [1.165, 1.54) is 24.8 Å². The van der Waals surface area contributed by atoms with Gasteiger partial charge >= 0.3 is 10.2 Å². The number of ether oxygens (including phenoxy) is 2. The van der Waals surface area contributed by atoms with Gasteiger partial charge in [0.05, 0.1) is 37.5 Å². The molecule has 1 heterocycles. The molecule has 0 spiro atoms. The molecule has 1 aromatic heterocycles. The molecule has 12 nitrogen and oxygen atoms in total. The largest absolute Gasteiger partial charge is 0.371 e. The van der Waals surface area contributed by atoms with E-state index >= 15 is 0 Å². The maximum atomic E-state index is 13.7. The summed E-state index contributed by atoms with van der Waals surface area (Å²) < 4.78 is 42.3. The maximum Gasteiger partial charge on any atom is 0.302 e. The Morgan fingerprint density at radius 2 is 1.32 bits per heavy atom. The van der Waals surface area contributed by atoms with Gasteiger partial charge in [0.15, 0.2) is 5.82 Å². The average molecular weight is 667 g/mol. The third-order valence-corrected chi connectivity index (χ3v) is 10.1. The van der Waals surface area contributed by atoms with Crippen molar-refractivity contribution in [1.29, 1.82) is 0 Å². The van der Waals surface area contributed by atoms with Crippen LogP contribution in [-0.4, -0.2) is 72.7 Å². The highest BCUT2D eigenvalue weighted by molar-refractivity contribution is 7.90. The predicted molar refractivity (Wildman–Crippen MR) is 179 cm³/mol. The van der Waals surface area contributed by atoms with Crippen LogP contribution < -0.4 is 15.4 Å². The number of nitrogens with one attached hydrogen (secondary N) is 3. The minimum atomic E-state index is -3.90. The molecule has 1 unspecified atom stereocenters. The molecular weight excluding hydrogens is 620 g/mol. The van der Waals surface area contributed by atoms with E-state index in [1.54, 1.807) is 0 Å². The molecule has 4 atom stereocenters. The van der Waals surface area contributed by atoms with E-state index in [4.69, 9.17) is 9.47 Å². The van der Waals surface area contributed by atoms with E-state index in [2.05, 4.69) is 20.5 Å². The molecule has 13 heteroatoms. The van der Waals surface area contributed by atoms with Gasteiger partial charge in [0.1, 0.15) is 12.2 Å². The summed E-state index contributed by atoms with van der Waals surface area (Å²) in [5.74, 6) is -0.854. The van der Waals surface area contributed by atoms with Crippen LogP contribution in [0.15, 0.2) is 66.7 Å². The molecule has 2 aliphatic carbocycles. The number of nitrogens with zero attached hydrogens (tertiary/aromatic N) is 3. The van der Waals surface area contributed by atoms with Crippen molar-refractivity contribution in [3.8, 4) is 0 Å². The fourth-order valence-electron chi connectivity index (χ4n) is 6.10. The van der Waals surface area contributed by atoms with Crippen LogP contribution in [0.1, 0.15) is 73.0 Å². The van der Waals surface area contributed by atoms with Gasteiger partial charge in [0.2, 0.25) is 5.91 Å². The molecule has 0 saturated heterocycles. The first-order chi connectivity index (χ1) is 22.7. The van der Waals surface area contributed by atoms with Crippen LogP contribution in [0.2, 0.25) is 0 Å². The Bertz CT molecular complexity index is 1570. The van der Waals surface area contributed by atoms with Crippen molar-refractivity contribution >= 4 is 27.8 Å². The van der Waals surface area contributed by atoms with Crippen LogP contribution in [-0.2, 0) is 44.2 Å². The van der Waals surface area contributed by atoms with Gasteiger partial charge in [-0.1, -0.05) is 86.3 Å². The second-order valence-corrected chi connectivity index (χ2v) is 14.3. The molecule has 0 bridgehead atoms. The quantitative estimate of drug-likeness (QED) is 0.236. The van der Waals surface area contributed by atoms with Gasteiger partial charge in [-0.15, -0.1) is 0 Å². The van der Waals surface area contributed by atoms with Gasteiger partial charge in [0, 0.05) is 20.2 Å². The lowest BCUT2D eigenvalue weighted by atomic mass is 9.92. The number of anilines is 1. The van der Waals surface area contributed by atoms with Gasteiger partial charge in [-0.25, -0.2) is 4.68 Å². The van der Waals surface area contributed by atoms with E-state index in [9.17, 15) is 18.0 Å². The summed E-state index contributed by atoms with van der Waals surface area (Å²) in [6.45, 7) is 0.616. The molecule has 2 aromatic carbocycles. The molecule has 0 aliphatic heterocycles. The summed E-state index contributed by atoms with van der Waals surface area (Å²) in [5.41, 5.74) is 2.19. The van der Waals surface area contributed by atoms with Crippen molar-refractivity contribution in [2.75, 3.05) is 18.8 Å². The normalized spacial score (nSPS) is 21.7. The Balaban J connectivity index is 1.28. The number of carbonyl (C=O) groups excluding carboxylic acids is 2. The average Bonchev–Trinajstić information content (AvgIpc) is 3.45. The van der Waals surface area contributed by atoms with Gasteiger partial charge in [0.25, 0.3) is 5.91 Å². The van der Waals surface area contributed by atoms with Crippen LogP contribution in [0.3, 0.4) is 0 Å². The smallest absolute Gasteiger partial charge is 0.302 e. The molecule has 3 aromatic rings. The monoisotopic (exact) mass is 666 g/mol. The van der Waals surface area contributed by atoms with Crippen molar-refractivity contribution in [3.05, 3.63) is 83.6 Å². The summed E-state index contributed by atoms with van der Waals surface area (Å²) in [5, 5.41) is 10.5. The van der Waals surface area contributed by atoms with Gasteiger partial charge in [-0.2, -0.15) is 17.8 Å². The molecular formula is C34H46N6O6S. The number of hydrogen-bond donors (Lipinski definition) is 3. The van der Waals surface area contributed by atoms with Crippen LogP contribution in [0, 0.1) is 0 Å². The Morgan fingerprint density at radius 3 is 1.85 bits per heavy atom. The molecule has 47 heavy (non-hydrogen) atoms. The van der Waals surface area contributed by atoms with Gasteiger partial charge in [-0.05, 0) is 36.8 Å². The zero-order valence-corrected chi connectivity index (χ0v) is 28.0. The number of hydrogen-bond acceptors (Lipinski definition) is 7. The molecule has 5 rings (SSSR count). The first kappa shape index (κ1) is 34.6. The number of aromatic nitrogens is 2. The van der Waals surface area contributed by atoms with E-state index in [0.29, 0.717) is 13.2 Å². The Hall–Kier alpha value is -3.78. The van der Waals surface area contributed by atoms with Crippen molar-refractivity contribution < 1.29 is 27.5 Å². The molecule has 3 N–H and O–H groups in total. The summed E-state index contributed by atoms with van der Waals surface area (Å²) in [7, 11) is -1.12. The summed E-state index contributed by atoms with van der Waals surface area (Å²) in [6.07, 6.45) is 6.76. The Labute approximate surface area is 277 Å². The summed E-state index contributed by atoms with van der Waals surface area (Å²) in [4.78, 5) is 27.2. The first-order valence-electron chi connectivity index (χ1n) is 16.4. The molecule has 2 amide bonds. The maximum absolute atomic E-state index is 13.7. The molecule has 2 fully saturated rings. The predicted octanol–water partition coefficient (Wildman–Crippen LogP) is 4.00. The first-order valence-corrected chi connectivity index (χ1v) is 17.8. The lowest BCUT2D eigenvalue weighted by Crippen LogP contribution is -2.48. The van der Waals surface area contributed by atoms with Crippen molar-refractivity contribution in [2.45, 2.75) is 95.4 Å². The molecule has 2 saturated carbocycles. The van der Waals surface area contributed by atoms with Crippen molar-refractivity contribution in [1.82, 2.24) is 24.7 Å². The van der Waals surface area contributed by atoms with Crippen LogP contribution >= 0.6 is 0 Å². The zero-order chi connectivity index (χ0) is 33.2. The fourth-order valence-corrected chi connectivity index (χ4v) is 6.65. The topological polar surface area (TPSA) is 144 Å². The number of rotatable bonds is 14. The molecule has 254 valence electrons. The van der Waals surface area contributed by atoms with Crippen LogP contribution in [0.4, 0.5) is 5.82 Å². The van der Waals surface area contributed by atoms with Crippen molar-refractivity contribution in [3.63, 3.8) is 0 Å². The minimum absolute atomic E-state index is 0.0566. The van der Waals surface area contributed by atoms with E-state index < -0.39 is 16.1 Å². The highest BCUT2D eigenvalue weighted by atomic mass is 32.2. The summed E-state index contributed by atoms with van der Waals surface area (Å²) >= 11 is 0. The molecule has 0 radical (unpaired) electrons. The number of carbonyl (C=O) groups is 2. The zero-order valence-electron chi connectivity index (χ0n) is 27.1. The van der Waals surface area contributed by atoms with Gasteiger partial charge < -0.3 is 20.1 Å². The minimum Gasteiger partial charge on any atom is -0.371 e. The standard InChI is InChI=1S/C34H46N6O6S/c1-39(2)47(43,44)38-32-21-29(34(42)36-28-18-10-12-20-31(28)46-24-26-15-7-4-8-16-26)40(37-32)22-33(41)35-27-17-9-11-19-30(27)45-23-25-13-5-3-6-14-25/h3-8,13-16,21,27-28,30-31H,9-12,17-20,22-24H2,1-2H3,(H,35,41)(H,36,42)(H,37,38)/t27?,28-,30-,31-/m0/s1. The second kappa shape index (κ2) is 16.4. The van der Waals surface area contributed by atoms with E-state index in [-0.39, 0.29) is 48.3 Å². The Kier molecular flexibility index (Phi) is 12.0. The highest BCUT2D eigenvalue weighted by Gasteiger charge is 2.31. The Morgan fingerprint density at radius 1 is 0.809 bits per heavy atom. The SMILES string of the molecule is CN(C)S(=O)(=O)Nc1cc(C(=O)N[C@H]2CCCC[C@@H]2OCc2ccccc2)n(CC(=O)NC2CCCC[C@@H]2OCc2ccccc2)n1. The molecule has 2 aliphatic rings. The van der Waals surface area contributed by atoms with E-state index in [0.717, 1.165) is 66.8 Å². The van der Waals surface area contributed by atoms with Crippen molar-refractivity contribution in [2.24, 2.45) is 0 Å². The van der Waals surface area contributed by atoms with Crippen LogP contribution in [0.25, 0.3) is 0 Å². The third-order valence-electron chi connectivity index (χ3n) is 8.70. The van der Waals surface area contributed by atoms with Gasteiger partial charge in [-0.3, -0.25) is 14.3 Å².